The summed E-state index contributed by atoms with van der Waals surface area (Å²) < 4.78 is 217. The maximum atomic E-state index is 13.2. The van der Waals surface area contributed by atoms with E-state index in [-0.39, 0.29) is 23.7 Å². The number of rotatable bonds is 22. The molecule has 0 bridgehead atoms. The van der Waals surface area contributed by atoms with E-state index in [0.717, 1.165) is 19.8 Å². The van der Waals surface area contributed by atoms with Crippen LogP contribution in [0.25, 0.3) is 0 Å². The van der Waals surface area contributed by atoms with Crippen molar-refractivity contribution in [3.8, 4) is 0 Å². The highest BCUT2D eigenvalue weighted by molar-refractivity contribution is 5.76. The molecule has 0 aromatic heterocycles. The van der Waals surface area contributed by atoms with E-state index in [0.29, 0.717) is 19.4 Å². The Kier molecular flexibility index (Phi) is 29.5. The molecule has 2 unspecified atom stereocenters. The fraction of sp³-hybridized carbons (Fsp3) is 0.900. The molecule has 0 heterocycles. The second-order valence-electron chi connectivity index (χ2n) is 16.5. The van der Waals surface area contributed by atoms with Gasteiger partial charge in [0.25, 0.3) is 29.6 Å². The summed E-state index contributed by atoms with van der Waals surface area (Å²) in [6.07, 6.45) is -17.6. The Morgan fingerprint density at radius 1 is 0.422 bits per heavy atom. The number of alkyl halides is 16. The van der Waals surface area contributed by atoms with Gasteiger partial charge >= 0.3 is 36.2 Å². The van der Waals surface area contributed by atoms with Crippen molar-refractivity contribution in [3.05, 3.63) is 0 Å². The van der Waals surface area contributed by atoms with Crippen LogP contribution in [0.3, 0.4) is 0 Å². The van der Waals surface area contributed by atoms with Gasteiger partial charge in [0, 0.05) is 6.92 Å². The van der Waals surface area contributed by atoms with Gasteiger partial charge in [-0.3, -0.25) is 19.2 Å². The third kappa shape index (κ3) is 37.0. The zero-order valence-electron chi connectivity index (χ0n) is 38.2. The summed E-state index contributed by atoms with van der Waals surface area (Å²) in [5.41, 5.74) is -1.39. The van der Waals surface area contributed by atoms with Crippen molar-refractivity contribution in [3.63, 3.8) is 0 Å². The minimum Gasteiger partial charge on any atom is -0.465 e. The predicted molar refractivity (Wildman–Crippen MR) is 202 cm³/mol. The molecule has 0 aliphatic carbocycles. The molecule has 0 aromatic rings. The van der Waals surface area contributed by atoms with Gasteiger partial charge in [-0.05, 0) is 59.8 Å². The summed E-state index contributed by atoms with van der Waals surface area (Å²) in [4.78, 5) is 44.6. The van der Waals surface area contributed by atoms with Crippen LogP contribution >= 0.6 is 0 Å². The molecule has 0 fully saturated rings. The standard InChI is InChI=1S/C12H17F7O2.C11H15F7O2.C9H18O2.C8H14F2O2/c1-4-9(2,3)8(20)21-7-11(15,16)5-10(13,14)6-12(17,18)19;1-3-7(2)8(19)20-6-10(14,15)4-9(12,13)5-11(16,17)18;1-5-7-11-8(10)9(3,4)6-2;1-4-6(2)7(11)12-5-8(3,9)10/h4-7H2,1-3H3;7H,3-6H2,1-2H3;5-7H2,1-4H3;6H,4-5H2,1-3H3. The fourth-order valence-corrected chi connectivity index (χ4v) is 3.61. The molecule has 2 atom stereocenters. The van der Waals surface area contributed by atoms with Gasteiger partial charge in [0.2, 0.25) is 0 Å². The molecule has 0 spiro atoms. The van der Waals surface area contributed by atoms with Crippen LogP contribution in [-0.4, -0.2) is 92.3 Å². The molecule has 0 amide bonds. The van der Waals surface area contributed by atoms with E-state index >= 15 is 0 Å². The number of hydrogen-bond donors (Lipinski definition) is 0. The minimum absolute atomic E-state index is 0.0816. The molecule has 0 N–H and O–H groups in total. The SMILES string of the molecule is CCC(C)(C)C(=O)OCC(F)(F)CC(F)(F)CC(F)(F)F.CCC(C)C(=O)OCC(C)(F)F.CCC(C)C(=O)OCC(F)(F)CC(F)(F)CC(F)(F)F.CCCOC(=O)C(C)(C)CC. The molecule has 0 aliphatic rings. The van der Waals surface area contributed by atoms with E-state index in [1.807, 2.05) is 27.7 Å². The lowest BCUT2D eigenvalue weighted by molar-refractivity contribution is -0.214. The van der Waals surface area contributed by atoms with E-state index in [9.17, 15) is 89.4 Å². The summed E-state index contributed by atoms with van der Waals surface area (Å²) in [5.74, 6) is -24.3. The van der Waals surface area contributed by atoms with E-state index in [1.165, 1.54) is 20.8 Å². The van der Waals surface area contributed by atoms with Crippen molar-refractivity contribution < 1.29 is 108 Å². The van der Waals surface area contributed by atoms with E-state index < -0.39 is 117 Å². The minimum atomic E-state index is -5.26. The first kappa shape index (κ1) is 67.4. The van der Waals surface area contributed by atoms with E-state index in [2.05, 4.69) is 14.2 Å². The Labute approximate surface area is 364 Å². The number of hydrogen-bond acceptors (Lipinski definition) is 8. The summed E-state index contributed by atoms with van der Waals surface area (Å²) in [6.45, 7) is 15.7. The molecule has 0 aliphatic heterocycles. The molecule has 64 heavy (non-hydrogen) atoms. The Morgan fingerprint density at radius 3 is 0.984 bits per heavy atom. The van der Waals surface area contributed by atoms with Crippen LogP contribution < -0.4 is 0 Å². The smallest absolute Gasteiger partial charge is 0.394 e. The highest BCUT2D eigenvalue weighted by Gasteiger charge is 2.52. The van der Waals surface area contributed by atoms with Gasteiger partial charge < -0.3 is 18.9 Å². The summed E-state index contributed by atoms with van der Waals surface area (Å²) >= 11 is 0. The fourth-order valence-electron chi connectivity index (χ4n) is 3.61. The number of halogens is 16. The van der Waals surface area contributed by atoms with Gasteiger partial charge in [-0.25, -0.2) is 43.9 Å². The molecular formula is C40H64F16O8. The van der Waals surface area contributed by atoms with Gasteiger partial charge in [0.05, 0.1) is 42.1 Å². The highest BCUT2D eigenvalue weighted by Crippen LogP contribution is 2.40. The van der Waals surface area contributed by atoms with Gasteiger partial charge in [0.1, 0.15) is 12.8 Å². The molecule has 8 nitrogen and oxygen atoms in total. The van der Waals surface area contributed by atoms with Gasteiger partial charge in [-0.15, -0.1) is 0 Å². The average Bonchev–Trinajstić information content (AvgIpc) is 3.10. The summed E-state index contributed by atoms with van der Waals surface area (Å²) in [6, 6.07) is 0. The molecule has 0 radical (unpaired) electrons. The molecule has 384 valence electrons. The molecule has 0 saturated heterocycles. The van der Waals surface area contributed by atoms with Crippen molar-refractivity contribution in [1.82, 2.24) is 0 Å². The Bertz CT molecular complexity index is 1360. The van der Waals surface area contributed by atoms with Crippen LogP contribution in [0, 0.1) is 22.7 Å². The van der Waals surface area contributed by atoms with Crippen LogP contribution in [-0.2, 0) is 38.1 Å². The number of carbonyl (C=O) groups is 4. The second-order valence-corrected chi connectivity index (χ2v) is 16.5. The largest absolute Gasteiger partial charge is 0.465 e. The van der Waals surface area contributed by atoms with Crippen molar-refractivity contribution in [1.29, 1.82) is 0 Å². The lowest BCUT2D eigenvalue weighted by Gasteiger charge is -2.26. The van der Waals surface area contributed by atoms with Crippen LogP contribution in [0.2, 0.25) is 0 Å². The van der Waals surface area contributed by atoms with Crippen molar-refractivity contribution in [2.45, 2.75) is 183 Å². The molecule has 0 rings (SSSR count). The number of carbonyl (C=O) groups excluding carboxylic acids is 4. The van der Waals surface area contributed by atoms with Crippen LogP contribution in [0.5, 0.6) is 0 Å². The van der Waals surface area contributed by atoms with E-state index in [1.54, 1.807) is 27.7 Å². The lowest BCUT2D eigenvalue weighted by atomic mass is 9.91. The van der Waals surface area contributed by atoms with Gasteiger partial charge in [0.15, 0.2) is 19.8 Å². The van der Waals surface area contributed by atoms with Gasteiger partial charge in [-0.1, -0.05) is 48.5 Å². The van der Waals surface area contributed by atoms with E-state index in [4.69, 9.17) is 4.74 Å². The third-order valence-corrected chi connectivity index (χ3v) is 8.60. The number of esters is 4. The maximum Gasteiger partial charge on any atom is 0.394 e. The Balaban J connectivity index is -0.000000389. The highest BCUT2D eigenvalue weighted by atomic mass is 19.4. The summed E-state index contributed by atoms with van der Waals surface area (Å²) in [7, 11) is 0. The molecule has 0 aromatic carbocycles. The van der Waals surface area contributed by atoms with Crippen LogP contribution in [0.4, 0.5) is 70.2 Å². The Hall–Kier alpha value is -3.24. The maximum absolute atomic E-state index is 13.2. The van der Waals surface area contributed by atoms with Crippen molar-refractivity contribution >= 4 is 23.9 Å². The summed E-state index contributed by atoms with van der Waals surface area (Å²) in [5, 5.41) is 0. The first-order valence-corrected chi connectivity index (χ1v) is 20.0. The molecule has 0 saturated carbocycles. The first-order chi connectivity index (χ1) is 28.3. The van der Waals surface area contributed by atoms with Crippen LogP contribution in [0.15, 0.2) is 0 Å². The van der Waals surface area contributed by atoms with Crippen molar-refractivity contribution in [2.75, 3.05) is 26.4 Å². The number of ether oxygens (including phenoxy) is 4. The predicted octanol–water partition coefficient (Wildman–Crippen LogP) is 13.4. The van der Waals surface area contributed by atoms with Crippen LogP contribution in [0.1, 0.15) is 141 Å². The second kappa shape index (κ2) is 28.1. The molecule has 24 heteroatoms. The zero-order valence-corrected chi connectivity index (χ0v) is 38.2. The first-order valence-electron chi connectivity index (χ1n) is 20.0. The Morgan fingerprint density at radius 2 is 0.719 bits per heavy atom. The monoisotopic (exact) mass is 976 g/mol. The topological polar surface area (TPSA) is 105 Å². The normalized spacial score (nSPS) is 13.9. The van der Waals surface area contributed by atoms with Crippen molar-refractivity contribution in [2.24, 2.45) is 22.7 Å². The lowest BCUT2D eigenvalue weighted by Crippen LogP contribution is -2.38. The zero-order chi connectivity index (χ0) is 52.0. The molecular weight excluding hydrogens is 912 g/mol. The average molecular weight is 977 g/mol. The van der Waals surface area contributed by atoms with Gasteiger partial charge in [-0.2, -0.15) is 26.3 Å². The quantitative estimate of drug-likeness (QED) is 0.0600. The third-order valence-electron chi connectivity index (χ3n) is 8.60.